The Bertz CT molecular complexity index is 685. The lowest BCUT2D eigenvalue weighted by Crippen LogP contribution is -2.39. The van der Waals surface area contributed by atoms with Crippen LogP contribution in [0, 0.1) is 5.41 Å². The summed E-state index contributed by atoms with van der Waals surface area (Å²) >= 11 is 1.74. The number of fused-ring (bicyclic) bond motifs is 1. The second-order valence-electron chi connectivity index (χ2n) is 6.30. The number of carbonyl (C=O) groups excluding carboxylic acids is 1. The fourth-order valence-corrected chi connectivity index (χ4v) is 3.74. The number of amides is 1. The average Bonchev–Trinajstić information content (AvgIpc) is 3.14. The first-order chi connectivity index (χ1) is 10.6. The molecule has 1 saturated heterocycles. The van der Waals surface area contributed by atoms with Gasteiger partial charge in [-0.15, -0.1) is 11.3 Å². The van der Waals surface area contributed by atoms with Crippen molar-refractivity contribution in [3.8, 4) is 0 Å². The largest absolute Gasteiger partial charge is 0.381 e. The van der Waals surface area contributed by atoms with E-state index in [1.807, 2.05) is 4.90 Å². The zero-order valence-electron chi connectivity index (χ0n) is 12.9. The molecule has 0 saturated carbocycles. The van der Waals surface area contributed by atoms with E-state index < -0.39 is 0 Å². The van der Waals surface area contributed by atoms with Gasteiger partial charge in [0.1, 0.15) is 0 Å². The number of benzene rings is 1. The van der Waals surface area contributed by atoms with E-state index in [0.29, 0.717) is 13.1 Å². The molecule has 22 heavy (non-hydrogen) atoms. The minimum absolute atomic E-state index is 0.0152. The molecule has 1 aliphatic heterocycles. The van der Waals surface area contributed by atoms with E-state index in [4.69, 9.17) is 4.74 Å². The summed E-state index contributed by atoms with van der Waals surface area (Å²) in [5.41, 5.74) is 1.20. The highest BCUT2D eigenvalue weighted by molar-refractivity contribution is 7.17. The summed E-state index contributed by atoms with van der Waals surface area (Å²) in [4.78, 5) is 14.1. The molecule has 0 N–H and O–H groups in total. The molecule has 4 heteroatoms. The van der Waals surface area contributed by atoms with Crippen molar-refractivity contribution in [2.45, 2.75) is 19.9 Å². The van der Waals surface area contributed by atoms with Gasteiger partial charge in [0.15, 0.2) is 0 Å². The number of carbonyl (C=O) groups is 1. The molecule has 1 aromatic heterocycles. The summed E-state index contributed by atoms with van der Waals surface area (Å²) in [6.45, 7) is 8.66. The van der Waals surface area contributed by atoms with Crippen molar-refractivity contribution < 1.29 is 9.53 Å². The third kappa shape index (κ3) is 3.23. The topological polar surface area (TPSA) is 29.5 Å². The lowest BCUT2D eigenvalue weighted by atomic mass is 9.89. The van der Waals surface area contributed by atoms with Gasteiger partial charge in [0.05, 0.1) is 6.61 Å². The summed E-state index contributed by atoms with van der Waals surface area (Å²) in [5.74, 6) is -0.0152. The van der Waals surface area contributed by atoms with Gasteiger partial charge in [-0.2, -0.15) is 0 Å². The van der Waals surface area contributed by atoms with Gasteiger partial charge in [-0.05, 0) is 47.0 Å². The SMILES string of the molecule is C=CC(=O)N(Cc1ccc2sccc2c1)CC1(C)CCOC1. The van der Waals surface area contributed by atoms with Gasteiger partial charge in [0.25, 0.3) is 0 Å². The highest BCUT2D eigenvalue weighted by atomic mass is 32.1. The second-order valence-corrected chi connectivity index (χ2v) is 7.25. The molecule has 1 atom stereocenters. The zero-order chi connectivity index (χ0) is 15.6. The number of rotatable bonds is 5. The Morgan fingerprint density at radius 3 is 3.09 bits per heavy atom. The molecule has 3 rings (SSSR count). The minimum Gasteiger partial charge on any atom is -0.381 e. The highest BCUT2D eigenvalue weighted by Crippen LogP contribution is 2.30. The van der Waals surface area contributed by atoms with Crippen LogP contribution >= 0.6 is 11.3 Å². The molecule has 3 nitrogen and oxygen atoms in total. The first-order valence-electron chi connectivity index (χ1n) is 7.55. The predicted octanol–water partition coefficient (Wildman–Crippen LogP) is 3.84. The van der Waals surface area contributed by atoms with Crippen molar-refractivity contribution in [2.75, 3.05) is 19.8 Å². The molecule has 1 fully saturated rings. The summed E-state index contributed by atoms with van der Waals surface area (Å²) in [6, 6.07) is 8.53. The van der Waals surface area contributed by atoms with Crippen LogP contribution in [0.4, 0.5) is 0 Å². The maximum Gasteiger partial charge on any atom is 0.246 e. The Labute approximate surface area is 135 Å². The van der Waals surface area contributed by atoms with Gasteiger partial charge in [0, 0.05) is 29.8 Å². The molecular weight excluding hydrogens is 294 g/mol. The number of hydrogen-bond donors (Lipinski definition) is 0. The molecular formula is C18H21NO2S. The summed E-state index contributed by atoms with van der Waals surface area (Å²) in [5, 5.41) is 3.33. The summed E-state index contributed by atoms with van der Waals surface area (Å²) < 4.78 is 6.79. The van der Waals surface area contributed by atoms with Crippen LogP contribution in [-0.2, 0) is 16.1 Å². The molecule has 0 bridgehead atoms. The first-order valence-corrected chi connectivity index (χ1v) is 8.43. The van der Waals surface area contributed by atoms with E-state index in [9.17, 15) is 4.79 Å². The van der Waals surface area contributed by atoms with Crippen molar-refractivity contribution in [3.05, 3.63) is 47.9 Å². The average molecular weight is 315 g/mol. The summed E-state index contributed by atoms with van der Waals surface area (Å²) in [6.07, 6.45) is 2.40. The van der Waals surface area contributed by atoms with Crippen LogP contribution in [0.15, 0.2) is 42.3 Å². The zero-order valence-corrected chi connectivity index (χ0v) is 13.7. The molecule has 1 amide bonds. The van der Waals surface area contributed by atoms with Crippen LogP contribution < -0.4 is 0 Å². The lowest BCUT2D eigenvalue weighted by molar-refractivity contribution is -0.128. The number of thiophene rings is 1. The second kappa shape index (κ2) is 6.23. The number of ether oxygens (including phenoxy) is 1. The number of hydrogen-bond acceptors (Lipinski definition) is 3. The predicted molar refractivity (Wildman–Crippen MR) is 91.0 cm³/mol. The molecule has 2 heterocycles. The van der Waals surface area contributed by atoms with Gasteiger partial charge in [0.2, 0.25) is 5.91 Å². The molecule has 1 unspecified atom stereocenters. The van der Waals surface area contributed by atoms with Gasteiger partial charge in [-0.1, -0.05) is 19.6 Å². The number of nitrogens with zero attached hydrogens (tertiary/aromatic N) is 1. The third-order valence-electron chi connectivity index (χ3n) is 4.25. The van der Waals surface area contributed by atoms with E-state index in [0.717, 1.165) is 25.2 Å². The van der Waals surface area contributed by atoms with E-state index in [1.165, 1.54) is 16.2 Å². The fraction of sp³-hybridized carbons (Fsp3) is 0.389. The van der Waals surface area contributed by atoms with Crippen molar-refractivity contribution in [3.63, 3.8) is 0 Å². The van der Waals surface area contributed by atoms with E-state index >= 15 is 0 Å². The van der Waals surface area contributed by atoms with Crippen LogP contribution in [-0.4, -0.2) is 30.6 Å². The Morgan fingerprint density at radius 2 is 2.36 bits per heavy atom. The van der Waals surface area contributed by atoms with Crippen LogP contribution in [0.3, 0.4) is 0 Å². The third-order valence-corrected chi connectivity index (χ3v) is 5.15. The maximum atomic E-state index is 12.2. The molecule has 1 aliphatic rings. The van der Waals surface area contributed by atoms with Gasteiger partial charge in [-0.25, -0.2) is 0 Å². The highest BCUT2D eigenvalue weighted by Gasteiger charge is 2.32. The van der Waals surface area contributed by atoms with Crippen molar-refractivity contribution >= 4 is 27.3 Å². The van der Waals surface area contributed by atoms with Crippen LogP contribution in [0.25, 0.3) is 10.1 Å². The fourth-order valence-electron chi connectivity index (χ4n) is 2.97. The lowest BCUT2D eigenvalue weighted by Gasteiger charge is -2.31. The van der Waals surface area contributed by atoms with Gasteiger partial charge in [-0.3, -0.25) is 4.79 Å². The van der Waals surface area contributed by atoms with Crippen LogP contribution in [0.1, 0.15) is 18.9 Å². The Kier molecular flexibility index (Phi) is 4.32. The Hall–Kier alpha value is -1.65. The van der Waals surface area contributed by atoms with Gasteiger partial charge < -0.3 is 9.64 Å². The first kappa shape index (κ1) is 15.3. The van der Waals surface area contributed by atoms with Crippen molar-refractivity contribution in [2.24, 2.45) is 5.41 Å². The van der Waals surface area contributed by atoms with Crippen LogP contribution in [0.5, 0.6) is 0 Å². The monoisotopic (exact) mass is 315 g/mol. The molecule has 2 aromatic rings. The molecule has 1 aromatic carbocycles. The molecule has 116 valence electrons. The quantitative estimate of drug-likeness (QED) is 0.785. The van der Waals surface area contributed by atoms with Crippen molar-refractivity contribution in [1.82, 2.24) is 4.90 Å². The maximum absolute atomic E-state index is 12.2. The van der Waals surface area contributed by atoms with E-state index in [1.54, 1.807) is 11.3 Å². The summed E-state index contributed by atoms with van der Waals surface area (Å²) in [7, 11) is 0. The van der Waals surface area contributed by atoms with Crippen molar-refractivity contribution in [1.29, 1.82) is 0 Å². The minimum atomic E-state index is -0.0152. The standard InChI is InChI=1S/C18H21NO2S/c1-3-17(20)19(12-18(2)7-8-21-13-18)11-14-4-5-16-15(10-14)6-9-22-16/h3-6,9-10H,1,7-8,11-13H2,2H3. The molecule has 0 aliphatic carbocycles. The Morgan fingerprint density at radius 1 is 1.50 bits per heavy atom. The smallest absolute Gasteiger partial charge is 0.246 e. The Balaban J connectivity index is 1.79. The van der Waals surface area contributed by atoms with Crippen LogP contribution in [0.2, 0.25) is 0 Å². The molecule has 0 spiro atoms. The van der Waals surface area contributed by atoms with E-state index in [-0.39, 0.29) is 11.3 Å². The molecule has 0 radical (unpaired) electrons. The van der Waals surface area contributed by atoms with Gasteiger partial charge >= 0.3 is 0 Å². The van der Waals surface area contributed by atoms with E-state index in [2.05, 4.69) is 43.1 Å². The normalized spacial score (nSPS) is 21.1.